The van der Waals surface area contributed by atoms with Crippen molar-refractivity contribution in [3.63, 3.8) is 0 Å². The van der Waals surface area contributed by atoms with Gasteiger partial charge in [0.2, 0.25) is 5.91 Å². The molecule has 27 heavy (non-hydrogen) atoms. The molecule has 1 atom stereocenters. The van der Waals surface area contributed by atoms with Crippen molar-refractivity contribution in [1.29, 1.82) is 0 Å². The van der Waals surface area contributed by atoms with Crippen molar-refractivity contribution in [2.45, 2.75) is 13.0 Å². The fraction of sp³-hybridized carbons (Fsp3) is 0.111. The molecule has 0 spiro atoms. The van der Waals surface area contributed by atoms with Gasteiger partial charge >= 0.3 is 0 Å². The van der Waals surface area contributed by atoms with Crippen molar-refractivity contribution in [1.82, 2.24) is 4.57 Å². The number of anilines is 1. The van der Waals surface area contributed by atoms with E-state index in [0.29, 0.717) is 26.6 Å². The van der Waals surface area contributed by atoms with E-state index >= 15 is 0 Å². The standard InChI is InChI=1S/C18H13Cl2N3O4/c1-10(18(25)21-15-9-12(19)3-5-14(15)20)22-16-6-4-13(23(26)27)8-11(16)2-7-17(22)24/h2-10H,1H3,(H,21,25). The summed E-state index contributed by atoms with van der Waals surface area (Å²) in [7, 11) is 0. The van der Waals surface area contributed by atoms with Crippen molar-refractivity contribution in [3.8, 4) is 0 Å². The molecule has 1 amide bonds. The lowest BCUT2D eigenvalue weighted by molar-refractivity contribution is -0.384. The molecule has 0 aliphatic heterocycles. The number of halogens is 2. The lowest BCUT2D eigenvalue weighted by Gasteiger charge is -2.18. The molecular weight excluding hydrogens is 393 g/mol. The number of aromatic nitrogens is 1. The first-order chi connectivity index (χ1) is 12.8. The van der Waals surface area contributed by atoms with Crippen LogP contribution < -0.4 is 10.9 Å². The predicted octanol–water partition coefficient (Wildman–Crippen LogP) is 4.42. The molecule has 0 saturated heterocycles. The number of carbonyl (C=O) groups is 1. The highest BCUT2D eigenvalue weighted by molar-refractivity contribution is 6.35. The minimum atomic E-state index is -0.891. The Morgan fingerprint density at radius 2 is 1.89 bits per heavy atom. The summed E-state index contributed by atoms with van der Waals surface area (Å²) in [6, 6.07) is 10.6. The molecule has 1 heterocycles. The van der Waals surface area contributed by atoms with Crippen LogP contribution in [0.15, 0.2) is 53.3 Å². The minimum Gasteiger partial charge on any atom is -0.323 e. The topological polar surface area (TPSA) is 94.2 Å². The summed E-state index contributed by atoms with van der Waals surface area (Å²) < 4.78 is 1.27. The molecule has 3 aromatic rings. The number of carbonyl (C=O) groups excluding carboxylic acids is 1. The summed E-state index contributed by atoms with van der Waals surface area (Å²) in [5, 5.41) is 14.8. The third-order valence-corrected chi connectivity index (χ3v) is 4.64. The van der Waals surface area contributed by atoms with E-state index in [9.17, 15) is 19.7 Å². The van der Waals surface area contributed by atoms with Gasteiger partial charge < -0.3 is 5.32 Å². The summed E-state index contributed by atoms with van der Waals surface area (Å²) in [6.45, 7) is 1.55. The van der Waals surface area contributed by atoms with Crippen LogP contribution in [0.25, 0.3) is 10.9 Å². The number of hydrogen-bond acceptors (Lipinski definition) is 4. The largest absolute Gasteiger partial charge is 0.323 e. The van der Waals surface area contributed by atoms with E-state index in [2.05, 4.69) is 5.32 Å². The number of nitrogens with zero attached hydrogens (tertiary/aromatic N) is 2. The Labute approximate surface area is 163 Å². The molecule has 0 aliphatic rings. The maximum Gasteiger partial charge on any atom is 0.270 e. The van der Waals surface area contributed by atoms with Gasteiger partial charge in [-0.3, -0.25) is 24.3 Å². The Balaban J connectivity index is 2.01. The molecule has 0 radical (unpaired) electrons. The zero-order chi connectivity index (χ0) is 19.7. The van der Waals surface area contributed by atoms with E-state index in [1.807, 2.05) is 0 Å². The zero-order valence-corrected chi connectivity index (χ0v) is 15.5. The van der Waals surface area contributed by atoms with Gasteiger partial charge in [-0.05, 0) is 37.3 Å². The molecule has 1 aromatic heterocycles. The van der Waals surface area contributed by atoms with Crippen LogP contribution in [0.3, 0.4) is 0 Å². The monoisotopic (exact) mass is 405 g/mol. The van der Waals surface area contributed by atoms with Gasteiger partial charge in [0.05, 0.1) is 21.2 Å². The first-order valence-corrected chi connectivity index (χ1v) is 8.59. The van der Waals surface area contributed by atoms with Gasteiger partial charge in [-0.25, -0.2) is 0 Å². The van der Waals surface area contributed by atoms with Gasteiger partial charge in [0, 0.05) is 28.6 Å². The molecule has 0 fully saturated rings. The Hall–Kier alpha value is -2.90. The quantitative estimate of drug-likeness (QED) is 0.513. The highest BCUT2D eigenvalue weighted by Gasteiger charge is 2.20. The van der Waals surface area contributed by atoms with Gasteiger partial charge in [0.15, 0.2) is 0 Å². The van der Waals surface area contributed by atoms with Crippen LogP contribution in [-0.2, 0) is 4.79 Å². The average Bonchev–Trinajstić information content (AvgIpc) is 2.63. The Morgan fingerprint density at radius 1 is 1.15 bits per heavy atom. The van der Waals surface area contributed by atoms with Gasteiger partial charge in [-0.15, -0.1) is 0 Å². The van der Waals surface area contributed by atoms with Crippen LogP contribution in [0.5, 0.6) is 0 Å². The Bertz CT molecular complexity index is 1130. The summed E-state index contributed by atoms with van der Waals surface area (Å²) in [4.78, 5) is 35.5. The molecule has 0 saturated carbocycles. The van der Waals surface area contributed by atoms with Crippen molar-refractivity contribution < 1.29 is 9.72 Å². The molecule has 0 aliphatic carbocycles. The fourth-order valence-electron chi connectivity index (χ4n) is 2.72. The van der Waals surface area contributed by atoms with E-state index in [1.165, 1.54) is 41.0 Å². The average molecular weight is 406 g/mol. The number of rotatable bonds is 4. The van der Waals surface area contributed by atoms with Crippen LogP contribution in [0.4, 0.5) is 11.4 Å². The third-order valence-electron chi connectivity index (χ3n) is 4.08. The van der Waals surface area contributed by atoms with Crippen LogP contribution in [0.1, 0.15) is 13.0 Å². The number of nitro benzene ring substituents is 1. The number of fused-ring (bicyclic) bond motifs is 1. The number of hydrogen-bond donors (Lipinski definition) is 1. The third kappa shape index (κ3) is 3.79. The second-order valence-corrected chi connectivity index (χ2v) is 6.67. The second-order valence-electron chi connectivity index (χ2n) is 5.83. The lowest BCUT2D eigenvalue weighted by atomic mass is 10.1. The molecule has 9 heteroatoms. The van der Waals surface area contributed by atoms with Crippen LogP contribution in [-0.4, -0.2) is 15.4 Å². The summed E-state index contributed by atoms with van der Waals surface area (Å²) >= 11 is 12.0. The number of benzene rings is 2. The molecule has 138 valence electrons. The highest BCUT2D eigenvalue weighted by atomic mass is 35.5. The highest BCUT2D eigenvalue weighted by Crippen LogP contribution is 2.27. The predicted molar refractivity (Wildman–Crippen MR) is 105 cm³/mol. The van der Waals surface area contributed by atoms with E-state index in [-0.39, 0.29) is 5.69 Å². The van der Waals surface area contributed by atoms with Gasteiger partial charge in [-0.2, -0.15) is 0 Å². The molecule has 7 nitrogen and oxygen atoms in total. The molecule has 1 N–H and O–H groups in total. The van der Waals surface area contributed by atoms with Crippen molar-refractivity contribution >= 4 is 51.4 Å². The first kappa shape index (κ1) is 18.9. The van der Waals surface area contributed by atoms with Crippen LogP contribution >= 0.6 is 23.2 Å². The van der Waals surface area contributed by atoms with Crippen molar-refractivity contribution in [2.75, 3.05) is 5.32 Å². The SMILES string of the molecule is CC(C(=O)Nc1cc(Cl)ccc1Cl)n1c(=O)ccc2cc([N+](=O)[O-])ccc21. The molecule has 1 unspecified atom stereocenters. The first-order valence-electron chi connectivity index (χ1n) is 7.83. The number of amides is 1. The zero-order valence-electron chi connectivity index (χ0n) is 14.0. The van der Waals surface area contributed by atoms with Gasteiger partial charge in [-0.1, -0.05) is 23.2 Å². The Kier molecular flexibility index (Phi) is 5.16. The summed E-state index contributed by atoms with van der Waals surface area (Å²) in [5.74, 6) is -0.480. The summed E-state index contributed by atoms with van der Waals surface area (Å²) in [5.41, 5.74) is 0.226. The van der Waals surface area contributed by atoms with Crippen molar-refractivity contribution in [2.24, 2.45) is 0 Å². The van der Waals surface area contributed by atoms with E-state index < -0.39 is 22.4 Å². The van der Waals surface area contributed by atoms with Gasteiger partial charge in [0.25, 0.3) is 11.2 Å². The van der Waals surface area contributed by atoms with Crippen molar-refractivity contribution in [3.05, 3.63) is 79.0 Å². The fourth-order valence-corrected chi connectivity index (χ4v) is 3.05. The number of non-ortho nitro benzene ring substituents is 1. The Morgan fingerprint density at radius 3 is 2.59 bits per heavy atom. The smallest absolute Gasteiger partial charge is 0.270 e. The molecule has 2 aromatic carbocycles. The van der Waals surface area contributed by atoms with Crippen LogP contribution in [0, 0.1) is 10.1 Å². The maximum absolute atomic E-state index is 12.7. The van der Waals surface area contributed by atoms with E-state index in [0.717, 1.165) is 0 Å². The lowest BCUT2D eigenvalue weighted by Crippen LogP contribution is -2.31. The maximum atomic E-state index is 12.7. The van der Waals surface area contributed by atoms with Crippen LogP contribution in [0.2, 0.25) is 10.0 Å². The number of nitrogens with one attached hydrogen (secondary N) is 1. The number of nitro groups is 1. The number of pyridine rings is 1. The normalized spacial score (nSPS) is 12.0. The van der Waals surface area contributed by atoms with Gasteiger partial charge in [0.1, 0.15) is 6.04 Å². The summed E-state index contributed by atoms with van der Waals surface area (Å²) in [6.07, 6.45) is 0. The van der Waals surface area contributed by atoms with E-state index in [1.54, 1.807) is 19.1 Å². The molecular formula is C18H13Cl2N3O4. The molecule has 3 rings (SSSR count). The second kappa shape index (κ2) is 7.38. The van der Waals surface area contributed by atoms with E-state index in [4.69, 9.17) is 23.2 Å². The molecule has 0 bridgehead atoms. The minimum absolute atomic E-state index is 0.101.